The summed E-state index contributed by atoms with van der Waals surface area (Å²) in [5, 5.41) is 8.25. The minimum absolute atomic E-state index is 0.750. The molecule has 0 aliphatic rings. The highest BCUT2D eigenvalue weighted by molar-refractivity contribution is 4.29. The fourth-order valence-corrected chi connectivity index (χ4v) is 0. The maximum absolute atomic E-state index is 8.25. The van der Waals surface area contributed by atoms with Crippen LogP contribution in [0.5, 0.6) is 0 Å². The summed E-state index contributed by atoms with van der Waals surface area (Å²) in [6.45, 7) is 5.72. The van der Waals surface area contributed by atoms with Gasteiger partial charge in [0.1, 0.15) is 0 Å². The molecule has 38 valence electrons. The van der Waals surface area contributed by atoms with Gasteiger partial charge >= 0.3 is 0 Å². The van der Waals surface area contributed by atoms with Crippen molar-refractivity contribution in [2.45, 2.75) is 19.8 Å². The average Bonchev–Trinajstić information content (AvgIpc) is 1.72. The zero-order chi connectivity index (χ0) is 5.41. The van der Waals surface area contributed by atoms with Crippen LogP contribution in [0, 0.1) is 6.92 Å². The summed E-state index contributed by atoms with van der Waals surface area (Å²) in [5.41, 5.74) is 0. The lowest BCUT2D eigenvalue weighted by Crippen LogP contribution is -1.48. The molecule has 0 unspecified atom stereocenters. The zero-order valence-corrected chi connectivity index (χ0v) is 4.53. The van der Waals surface area contributed by atoms with Crippen molar-refractivity contribution in [3.63, 3.8) is 0 Å². The Morgan fingerprint density at radius 3 is 1.67 bits per heavy atom. The summed E-state index contributed by atoms with van der Waals surface area (Å²) in [7, 11) is 0.750. The molecule has 0 atom stereocenters. The van der Waals surface area contributed by atoms with Crippen LogP contribution in [0.15, 0.2) is 0 Å². The van der Waals surface area contributed by atoms with E-state index in [1.165, 1.54) is 6.42 Å². The molecule has 0 amide bonds. The molecule has 0 heterocycles. The first-order chi connectivity index (χ1) is 2.91. The Bertz CT molecular complexity index is 5.90. The van der Waals surface area contributed by atoms with Gasteiger partial charge in [0, 0.05) is 0 Å². The molecule has 0 aromatic rings. The third-order valence-electron chi connectivity index (χ3n) is 0.354. The molecule has 2 radical (unpaired) electrons. The Morgan fingerprint density at radius 1 is 1.50 bits per heavy atom. The predicted molar refractivity (Wildman–Crippen MR) is 26.9 cm³/mol. The van der Waals surface area contributed by atoms with Crippen molar-refractivity contribution in [2.75, 3.05) is 7.11 Å². The van der Waals surface area contributed by atoms with Crippen LogP contribution in [0.2, 0.25) is 0 Å². The molecule has 0 N–H and O–H groups in total. The summed E-state index contributed by atoms with van der Waals surface area (Å²) in [5.74, 6) is 0. The predicted octanol–water partition coefficient (Wildman–Crippen LogP) is 1.67. The summed E-state index contributed by atoms with van der Waals surface area (Å²) in [4.78, 5) is 0. The lowest BCUT2D eigenvalue weighted by molar-refractivity contribution is 0.282. The van der Waals surface area contributed by atoms with Crippen molar-refractivity contribution >= 4 is 0 Å². The van der Waals surface area contributed by atoms with Gasteiger partial charge < -0.3 is 0 Å². The molecule has 1 nitrogen and oxygen atoms in total. The standard InChI is InChI=1S/C4H9.CH3O/c1-3-4-2;1-2/h1,3-4H2,2H3;1H3. The molecule has 0 aliphatic carbocycles. The molecule has 0 aromatic heterocycles. The van der Waals surface area contributed by atoms with E-state index in [1.54, 1.807) is 0 Å². The second-order valence-corrected chi connectivity index (χ2v) is 0.854. The van der Waals surface area contributed by atoms with E-state index in [2.05, 4.69) is 13.8 Å². The second-order valence-electron chi connectivity index (χ2n) is 0.854. The van der Waals surface area contributed by atoms with Crippen LogP contribution in [-0.4, -0.2) is 7.11 Å². The van der Waals surface area contributed by atoms with E-state index < -0.39 is 0 Å². The van der Waals surface area contributed by atoms with Crippen LogP contribution >= 0.6 is 0 Å². The van der Waals surface area contributed by atoms with Crippen molar-refractivity contribution in [2.24, 2.45) is 0 Å². The third kappa shape index (κ3) is 37.6. The first kappa shape index (κ1) is 9.35. The molecule has 0 saturated carbocycles. The number of rotatable bonds is 1. The minimum atomic E-state index is 0.750. The van der Waals surface area contributed by atoms with E-state index in [-0.39, 0.29) is 0 Å². The minimum Gasteiger partial charge on any atom is -0.240 e. The van der Waals surface area contributed by atoms with Crippen molar-refractivity contribution in [3.8, 4) is 0 Å². The molecule has 0 aromatic carbocycles. The molecular weight excluding hydrogens is 76.1 g/mol. The SMILES string of the molecule is C[O].[CH2]CCC. The van der Waals surface area contributed by atoms with Gasteiger partial charge in [0.05, 0.1) is 7.11 Å². The summed E-state index contributed by atoms with van der Waals surface area (Å²) in [6, 6.07) is 0. The number of unbranched alkanes of at least 4 members (excludes halogenated alkanes) is 1. The Balaban J connectivity index is 0. The first-order valence-corrected chi connectivity index (χ1v) is 2.12. The lowest BCUT2D eigenvalue weighted by atomic mass is 10.4. The summed E-state index contributed by atoms with van der Waals surface area (Å²) in [6.07, 6.45) is 2.28. The van der Waals surface area contributed by atoms with E-state index in [9.17, 15) is 0 Å². The molecule has 0 saturated heterocycles. The van der Waals surface area contributed by atoms with Gasteiger partial charge in [0.25, 0.3) is 0 Å². The van der Waals surface area contributed by atoms with Gasteiger partial charge in [-0.15, -0.1) is 0 Å². The van der Waals surface area contributed by atoms with E-state index in [4.69, 9.17) is 5.11 Å². The van der Waals surface area contributed by atoms with Crippen molar-refractivity contribution in [1.29, 1.82) is 0 Å². The highest BCUT2D eigenvalue weighted by atomic mass is 16.2. The van der Waals surface area contributed by atoms with Crippen LogP contribution < -0.4 is 0 Å². The fourth-order valence-electron chi connectivity index (χ4n) is 0. The van der Waals surface area contributed by atoms with E-state index in [0.717, 1.165) is 13.5 Å². The molecule has 0 aliphatic heterocycles. The van der Waals surface area contributed by atoms with Gasteiger partial charge in [-0.3, -0.25) is 0 Å². The van der Waals surface area contributed by atoms with E-state index in [0.29, 0.717) is 0 Å². The topological polar surface area (TPSA) is 19.9 Å². The summed E-state index contributed by atoms with van der Waals surface area (Å²) >= 11 is 0. The Labute approximate surface area is 40.0 Å². The van der Waals surface area contributed by atoms with Gasteiger partial charge in [-0.05, 0) is 0 Å². The highest BCUT2D eigenvalue weighted by Gasteiger charge is 1.56. The van der Waals surface area contributed by atoms with Gasteiger partial charge in [-0.25, -0.2) is 5.11 Å². The smallest absolute Gasteiger partial charge is 0.0712 e. The van der Waals surface area contributed by atoms with Gasteiger partial charge in [0.15, 0.2) is 0 Å². The van der Waals surface area contributed by atoms with Crippen molar-refractivity contribution in [1.82, 2.24) is 0 Å². The zero-order valence-electron chi connectivity index (χ0n) is 4.53. The number of hydrogen-bond acceptors (Lipinski definition) is 0. The summed E-state index contributed by atoms with van der Waals surface area (Å²) < 4.78 is 0. The molecule has 0 spiro atoms. The maximum Gasteiger partial charge on any atom is 0.0712 e. The molecule has 0 rings (SSSR count). The van der Waals surface area contributed by atoms with Gasteiger partial charge in [-0.2, -0.15) is 0 Å². The van der Waals surface area contributed by atoms with Crippen LogP contribution in [0.1, 0.15) is 19.8 Å². The van der Waals surface area contributed by atoms with Crippen molar-refractivity contribution < 1.29 is 5.11 Å². The average molecular weight is 88.2 g/mol. The molecule has 1 heteroatoms. The molecule has 0 bridgehead atoms. The normalized spacial score (nSPS) is 6.00. The Morgan fingerprint density at radius 2 is 1.67 bits per heavy atom. The fraction of sp³-hybridized carbons (Fsp3) is 0.800. The number of hydrogen-bond donors (Lipinski definition) is 0. The van der Waals surface area contributed by atoms with Gasteiger partial charge in [0.2, 0.25) is 0 Å². The van der Waals surface area contributed by atoms with E-state index >= 15 is 0 Å². The lowest BCUT2D eigenvalue weighted by Gasteiger charge is -1.67. The maximum atomic E-state index is 8.25. The second kappa shape index (κ2) is 20.2. The van der Waals surface area contributed by atoms with Crippen molar-refractivity contribution in [3.05, 3.63) is 6.92 Å². The quantitative estimate of drug-likeness (QED) is 0.464. The third-order valence-corrected chi connectivity index (χ3v) is 0.354. The molecule has 6 heavy (non-hydrogen) atoms. The molecule has 0 fully saturated rings. The van der Waals surface area contributed by atoms with Crippen LogP contribution in [0.4, 0.5) is 0 Å². The first-order valence-electron chi connectivity index (χ1n) is 2.12. The van der Waals surface area contributed by atoms with Gasteiger partial charge in [-0.1, -0.05) is 26.7 Å². The van der Waals surface area contributed by atoms with Crippen LogP contribution in [-0.2, 0) is 5.11 Å². The van der Waals surface area contributed by atoms with E-state index in [1.807, 2.05) is 0 Å². The van der Waals surface area contributed by atoms with Crippen LogP contribution in [0.3, 0.4) is 0 Å². The Kier molecular flexibility index (Phi) is 31.6. The largest absolute Gasteiger partial charge is 0.240 e. The van der Waals surface area contributed by atoms with Crippen LogP contribution in [0.25, 0.3) is 0 Å². The highest BCUT2D eigenvalue weighted by Crippen LogP contribution is 1.75. The Hall–Kier alpha value is -0.0400. The molecular formula is C5H12O. The monoisotopic (exact) mass is 88.1 g/mol.